The molecule has 1 N–H and O–H groups in total. The lowest BCUT2D eigenvalue weighted by molar-refractivity contribution is -0.127. The molecule has 4 rings (SSSR count). The fourth-order valence-corrected chi connectivity index (χ4v) is 5.36. The van der Waals surface area contributed by atoms with Crippen LogP contribution in [-0.4, -0.2) is 27.0 Å². The van der Waals surface area contributed by atoms with Crippen molar-refractivity contribution in [1.82, 2.24) is 5.32 Å². The molecule has 0 fully saturated rings. The Kier molecular flexibility index (Phi) is 5.69. The number of hydrogen-bond donors (Lipinski definition) is 1. The van der Waals surface area contributed by atoms with Crippen LogP contribution in [0.25, 0.3) is 0 Å². The molecule has 0 saturated heterocycles. The van der Waals surface area contributed by atoms with Crippen LogP contribution in [0.4, 0.5) is 5.69 Å². The largest absolute Gasteiger partial charge is 0.476 e. The van der Waals surface area contributed by atoms with Gasteiger partial charge in [-0.1, -0.05) is 54.6 Å². The lowest BCUT2D eigenvalue weighted by atomic mass is 10.2. The first kappa shape index (κ1) is 20.9. The minimum atomic E-state index is -3.89. The van der Waals surface area contributed by atoms with E-state index in [0.717, 1.165) is 11.1 Å². The van der Waals surface area contributed by atoms with Gasteiger partial charge in [-0.3, -0.25) is 9.10 Å². The van der Waals surface area contributed by atoms with Gasteiger partial charge in [-0.15, -0.1) is 0 Å². The molecular weight excluding hydrogens is 412 g/mol. The van der Waals surface area contributed by atoms with Gasteiger partial charge in [0.1, 0.15) is 5.75 Å². The fourth-order valence-electron chi connectivity index (χ4n) is 3.57. The minimum Gasteiger partial charge on any atom is -0.476 e. The molecule has 1 amide bonds. The maximum atomic E-state index is 13.6. The predicted molar refractivity (Wildman–Crippen MR) is 120 cm³/mol. The van der Waals surface area contributed by atoms with Crippen LogP contribution in [0.15, 0.2) is 77.7 Å². The number of sulfonamides is 1. The molecule has 7 heteroatoms. The van der Waals surface area contributed by atoms with Crippen molar-refractivity contribution in [2.75, 3.05) is 10.8 Å². The molecule has 1 aliphatic heterocycles. The lowest BCUT2D eigenvalue weighted by Gasteiger charge is -2.35. The Morgan fingerprint density at radius 3 is 2.52 bits per heavy atom. The van der Waals surface area contributed by atoms with Crippen molar-refractivity contribution in [1.29, 1.82) is 0 Å². The van der Waals surface area contributed by atoms with Crippen LogP contribution in [0, 0.1) is 13.8 Å². The first-order valence-corrected chi connectivity index (χ1v) is 11.5. The van der Waals surface area contributed by atoms with Gasteiger partial charge in [-0.05, 0) is 48.7 Å². The van der Waals surface area contributed by atoms with Crippen molar-refractivity contribution in [3.8, 4) is 5.75 Å². The molecule has 1 aliphatic rings. The van der Waals surface area contributed by atoms with E-state index < -0.39 is 16.1 Å². The highest BCUT2D eigenvalue weighted by Gasteiger charge is 2.37. The Hall–Kier alpha value is -3.32. The summed E-state index contributed by atoms with van der Waals surface area (Å²) in [4.78, 5) is 13.1. The van der Waals surface area contributed by atoms with E-state index in [2.05, 4.69) is 5.32 Å². The third kappa shape index (κ3) is 4.27. The van der Waals surface area contributed by atoms with Crippen LogP contribution >= 0.6 is 0 Å². The maximum absolute atomic E-state index is 13.6. The molecule has 0 spiro atoms. The monoisotopic (exact) mass is 436 g/mol. The summed E-state index contributed by atoms with van der Waals surface area (Å²) in [6.45, 7) is 3.85. The SMILES string of the molecule is Cc1ccc(C)c(S(=O)(=O)N2C[C@H](C(=O)NCc3ccccc3)Oc3ccccc32)c1. The molecule has 1 heterocycles. The van der Waals surface area contributed by atoms with Crippen LogP contribution < -0.4 is 14.4 Å². The van der Waals surface area contributed by atoms with Crippen molar-refractivity contribution in [3.05, 3.63) is 89.5 Å². The molecule has 6 nitrogen and oxygen atoms in total. The van der Waals surface area contributed by atoms with Gasteiger partial charge in [0, 0.05) is 6.54 Å². The molecule has 0 aliphatic carbocycles. The summed E-state index contributed by atoms with van der Waals surface area (Å²) in [6, 6.07) is 21.7. The Labute approximate surface area is 182 Å². The number of amides is 1. The molecule has 160 valence electrons. The van der Waals surface area contributed by atoms with Crippen LogP contribution in [0.5, 0.6) is 5.75 Å². The maximum Gasteiger partial charge on any atom is 0.264 e. The number of carbonyl (C=O) groups excluding carboxylic acids is 1. The number of benzene rings is 3. The number of aryl methyl sites for hydroxylation is 2. The van der Waals surface area contributed by atoms with Gasteiger partial charge in [0.25, 0.3) is 15.9 Å². The number of nitrogens with one attached hydrogen (secondary N) is 1. The summed E-state index contributed by atoms with van der Waals surface area (Å²) in [5.41, 5.74) is 2.88. The molecule has 0 radical (unpaired) electrons. The van der Waals surface area contributed by atoms with Crippen molar-refractivity contribution in [2.45, 2.75) is 31.4 Å². The van der Waals surface area contributed by atoms with Crippen LogP contribution in [-0.2, 0) is 21.4 Å². The summed E-state index contributed by atoms with van der Waals surface area (Å²) in [5.74, 6) is 0.00186. The Morgan fingerprint density at radius 1 is 1.03 bits per heavy atom. The van der Waals surface area contributed by atoms with Crippen molar-refractivity contribution >= 4 is 21.6 Å². The number of anilines is 1. The molecule has 31 heavy (non-hydrogen) atoms. The smallest absolute Gasteiger partial charge is 0.264 e. The number of fused-ring (bicyclic) bond motifs is 1. The number of nitrogens with zero attached hydrogens (tertiary/aromatic N) is 1. The minimum absolute atomic E-state index is 0.104. The molecule has 0 bridgehead atoms. The quantitative estimate of drug-likeness (QED) is 0.663. The highest BCUT2D eigenvalue weighted by atomic mass is 32.2. The number of rotatable bonds is 5. The molecule has 3 aromatic carbocycles. The summed E-state index contributed by atoms with van der Waals surface area (Å²) in [5, 5.41) is 2.85. The van der Waals surface area contributed by atoms with E-state index >= 15 is 0 Å². The lowest BCUT2D eigenvalue weighted by Crippen LogP contribution is -2.50. The van der Waals surface area contributed by atoms with Gasteiger partial charge in [-0.25, -0.2) is 8.42 Å². The normalized spacial score (nSPS) is 15.7. The predicted octanol–water partition coefficient (Wildman–Crippen LogP) is 3.58. The third-order valence-electron chi connectivity index (χ3n) is 5.25. The summed E-state index contributed by atoms with van der Waals surface area (Å²) in [7, 11) is -3.89. The second kappa shape index (κ2) is 8.43. The van der Waals surface area contributed by atoms with E-state index in [1.807, 2.05) is 43.3 Å². The van der Waals surface area contributed by atoms with Crippen LogP contribution in [0.3, 0.4) is 0 Å². The van der Waals surface area contributed by atoms with E-state index in [9.17, 15) is 13.2 Å². The Bertz CT molecular complexity index is 1210. The molecule has 1 atom stereocenters. The van der Waals surface area contributed by atoms with Gasteiger partial charge in [-0.2, -0.15) is 0 Å². The van der Waals surface area contributed by atoms with Crippen LogP contribution in [0.2, 0.25) is 0 Å². The summed E-state index contributed by atoms with van der Waals surface area (Å²) >= 11 is 0. The van der Waals surface area contributed by atoms with E-state index in [-0.39, 0.29) is 17.3 Å². The Morgan fingerprint density at radius 2 is 1.74 bits per heavy atom. The summed E-state index contributed by atoms with van der Waals surface area (Å²) in [6.07, 6.45) is -0.960. The average molecular weight is 437 g/mol. The van der Waals surface area contributed by atoms with Crippen molar-refractivity contribution < 1.29 is 17.9 Å². The highest BCUT2D eigenvalue weighted by molar-refractivity contribution is 7.93. The van der Waals surface area contributed by atoms with E-state index in [1.165, 1.54) is 4.31 Å². The average Bonchev–Trinajstić information content (AvgIpc) is 2.78. The molecule has 0 aromatic heterocycles. The first-order valence-electron chi connectivity index (χ1n) is 10.0. The van der Waals surface area contributed by atoms with Gasteiger partial charge in [0.2, 0.25) is 0 Å². The van der Waals surface area contributed by atoms with E-state index in [4.69, 9.17) is 4.74 Å². The van der Waals surface area contributed by atoms with Crippen molar-refractivity contribution in [2.24, 2.45) is 0 Å². The molecule has 3 aromatic rings. The Balaban J connectivity index is 1.64. The van der Waals surface area contributed by atoms with E-state index in [0.29, 0.717) is 23.5 Å². The topological polar surface area (TPSA) is 75.7 Å². The third-order valence-corrected chi connectivity index (χ3v) is 7.17. The second-order valence-corrected chi connectivity index (χ2v) is 9.41. The van der Waals surface area contributed by atoms with E-state index in [1.54, 1.807) is 43.3 Å². The number of para-hydroxylation sites is 2. The van der Waals surface area contributed by atoms with Gasteiger partial charge >= 0.3 is 0 Å². The van der Waals surface area contributed by atoms with Crippen LogP contribution in [0.1, 0.15) is 16.7 Å². The molecular formula is C24H24N2O4S. The number of ether oxygens (including phenoxy) is 1. The zero-order chi connectivity index (χ0) is 22.0. The zero-order valence-electron chi connectivity index (χ0n) is 17.4. The van der Waals surface area contributed by atoms with Gasteiger partial charge in [0.15, 0.2) is 6.10 Å². The first-order chi connectivity index (χ1) is 14.9. The standard InChI is InChI=1S/C24H24N2O4S/c1-17-12-13-18(2)23(14-17)31(28,29)26-16-22(30-21-11-7-6-10-20(21)26)24(27)25-15-19-8-4-3-5-9-19/h3-14,22H,15-16H2,1-2H3,(H,25,27)/t22-/m1/s1. The highest BCUT2D eigenvalue weighted by Crippen LogP contribution is 2.37. The number of carbonyl (C=O) groups is 1. The molecule has 0 saturated carbocycles. The second-order valence-electron chi connectivity index (χ2n) is 7.58. The van der Waals surface area contributed by atoms with Gasteiger partial charge in [0.05, 0.1) is 17.1 Å². The number of hydrogen-bond acceptors (Lipinski definition) is 4. The van der Waals surface area contributed by atoms with Gasteiger partial charge < -0.3 is 10.1 Å². The summed E-state index contributed by atoms with van der Waals surface area (Å²) < 4.78 is 34.4. The van der Waals surface area contributed by atoms with Crippen molar-refractivity contribution in [3.63, 3.8) is 0 Å². The fraction of sp³-hybridized carbons (Fsp3) is 0.208. The zero-order valence-corrected chi connectivity index (χ0v) is 18.2. The molecule has 0 unspecified atom stereocenters.